The lowest BCUT2D eigenvalue weighted by Crippen LogP contribution is -2.41. The van der Waals surface area contributed by atoms with Gasteiger partial charge in [0.1, 0.15) is 5.60 Å². The van der Waals surface area contributed by atoms with Crippen LogP contribution in [0, 0.1) is 11.8 Å². The van der Waals surface area contributed by atoms with E-state index in [1.54, 1.807) is 12.0 Å². The molecule has 0 unspecified atom stereocenters. The van der Waals surface area contributed by atoms with Gasteiger partial charge in [0, 0.05) is 19.2 Å². The fourth-order valence-corrected chi connectivity index (χ4v) is 1.38. The molecule has 0 spiro atoms. The molecule has 0 aromatic carbocycles. The third-order valence-electron chi connectivity index (χ3n) is 2.33. The highest BCUT2D eigenvalue weighted by atomic mass is 16.5. The number of hydrogen-bond donors (Lipinski definition) is 0. The largest absolute Gasteiger partial charge is 0.366 e. The van der Waals surface area contributed by atoms with E-state index in [1.165, 1.54) is 0 Å². The van der Waals surface area contributed by atoms with Gasteiger partial charge in [-0.2, -0.15) is 0 Å². The molecule has 92 valence electrons. The van der Waals surface area contributed by atoms with Crippen molar-refractivity contribution >= 4 is 5.91 Å². The summed E-state index contributed by atoms with van der Waals surface area (Å²) in [7, 11) is 1.59. The van der Waals surface area contributed by atoms with Gasteiger partial charge in [0.25, 0.3) is 5.91 Å². The first-order valence-electron chi connectivity index (χ1n) is 5.62. The van der Waals surface area contributed by atoms with Crippen molar-refractivity contribution < 1.29 is 9.53 Å². The van der Waals surface area contributed by atoms with Gasteiger partial charge in [0.2, 0.25) is 0 Å². The number of hydrogen-bond acceptors (Lipinski definition) is 2. The van der Waals surface area contributed by atoms with Crippen LogP contribution in [-0.2, 0) is 9.53 Å². The molecule has 0 aliphatic rings. The maximum Gasteiger partial charge on any atom is 0.299 e. The van der Waals surface area contributed by atoms with Gasteiger partial charge in [-0.05, 0) is 47.5 Å². The number of ether oxygens (including phenoxy) is 1. The van der Waals surface area contributed by atoms with Crippen molar-refractivity contribution in [2.75, 3.05) is 7.11 Å². The van der Waals surface area contributed by atoms with Crippen LogP contribution in [0.4, 0.5) is 0 Å². The van der Waals surface area contributed by atoms with Gasteiger partial charge in [-0.25, -0.2) is 0 Å². The zero-order valence-electron chi connectivity index (χ0n) is 11.4. The molecule has 3 nitrogen and oxygen atoms in total. The number of rotatable bonds is 3. The number of amides is 1. The lowest BCUT2D eigenvalue weighted by Gasteiger charge is -2.28. The molecular weight excluding hydrogens is 202 g/mol. The van der Waals surface area contributed by atoms with Crippen LogP contribution >= 0.6 is 0 Å². The third-order valence-corrected chi connectivity index (χ3v) is 2.33. The van der Waals surface area contributed by atoms with Crippen molar-refractivity contribution in [3.8, 4) is 11.8 Å². The van der Waals surface area contributed by atoms with Gasteiger partial charge in [-0.15, -0.1) is 0 Å². The molecule has 0 fully saturated rings. The summed E-state index contributed by atoms with van der Waals surface area (Å²) < 4.78 is 5.14. The van der Waals surface area contributed by atoms with Gasteiger partial charge in [-0.3, -0.25) is 4.79 Å². The standard InChI is InChI=1S/C13H23NO2/c1-10(2)14(11(3)4)12(15)8-9-13(5,6)16-7/h10-11H,1-7H3. The molecule has 1 amide bonds. The molecule has 0 saturated heterocycles. The molecule has 0 atom stereocenters. The number of methoxy groups -OCH3 is 1. The predicted molar refractivity (Wildman–Crippen MR) is 66.0 cm³/mol. The summed E-state index contributed by atoms with van der Waals surface area (Å²) in [5.74, 6) is 5.34. The molecule has 0 bridgehead atoms. The zero-order valence-corrected chi connectivity index (χ0v) is 11.4. The minimum absolute atomic E-state index is 0.143. The molecule has 0 saturated carbocycles. The monoisotopic (exact) mass is 225 g/mol. The number of carbonyl (C=O) groups is 1. The Labute approximate surface area is 99.2 Å². The van der Waals surface area contributed by atoms with Gasteiger partial charge >= 0.3 is 0 Å². The summed E-state index contributed by atoms with van der Waals surface area (Å²) in [6, 6.07) is 0.319. The predicted octanol–water partition coefficient (Wildman–Crippen LogP) is 2.06. The maximum absolute atomic E-state index is 11.9. The van der Waals surface area contributed by atoms with E-state index in [1.807, 2.05) is 41.5 Å². The van der Waals surface area contributed by atoms with Crippen molar-refractivity contribution in [2.45, 2.75) is 59.2 Å². The second kappa shape index (κ2) is 5.91. The van der Waals surface area contributed by atoms with Crippen molar-refractivity contribution in [2.24, 2.45) is 0 Å². The fourth-order valence-electron chi connectivity index (χ4n) is 1.38. The van der Waals surface area contributed by atoms with E-state index in [0.29, 0.717) is 0 Å². The van der Waals surface area contributed by atoms with Crippen molar-refractivity contribution in [1.29, 1.82) is 0 Å². The van der Waals surface area contributed by atoms with Crippen LogP contribution in [0.2, 0.25) is 0 Å². The van der Waals surface area contributed by atoms with E-state index < -0.39 is 5.60 Å². The number of carbonyl (C=O) groups excluding carboxylic acids is 1. The van der Waals surface area contributed by atoms with Crippen LogP contribution in [0.25, 0.3) is 0 Å². The average molecular weight is 225 g/mol. The molecular formula is C13H23NO2. The second-order valence-electron chi connectivity index (χ2n) is 4.86. The van der Waals surface area contributed by atoms with Crippen LogP contribution in [0.15, 0.2) is 0 Å². The SMILES string of the molecule is COC(C)(C)C#CC(=O)N(C(C)C)C(C)C. The van der Waals surface area contributed by atoms with Gasteiger partial charge in [0.15, 0.2) is 0 Å². The summed E-state index contributed by atoms with van der Waals surface area (Å²) in [5, 5.41) is 0. The van der Waals surface area contributed by atoms with Gasteiger partial charge in [0.05, 0.1) is 0 Å². The van der Waals surface area contributed by atoms with E-state index in [0.717, 1.165) is 0 Å². The van der Waals surface area contributed by atoms with E-state index in [-0.39, 0.29) is 18.0 Å². The maximum atomic E-state index is 11.9. The Bertz CT molecular complexity index is 287. The Kier molecular flexibility index (Phi) is 5.53. The van der Waals surface area contributed by atoms with E-state index in [9.17, 15) is 4.79 Å². The molecule has 0 heterocycles. The van der Waals surface area contributed by atoms with Gasteiger partial charge in [-0.1, -0.05) is 5.92 Å². The van der Waals surface area contributed by atoms with Crippen LogP contribution in [0.3, 0.4) is 0 Å². The van der Waals surface area contributed by atoms with Crippen LogP contribution in [0.1, 0.15) is 41.5 Å². The summed E-state index contributed by atoms with van der Waals surface area (Å²) in [6.45, 7) is 11.6. The first-order valence-corrected chi connectivity index (χ1v) is 5.62. The normalized spacial score (nSPS) is 11.3. The smallest absolute Gasteiger partial charge is 0.299 e. The molecule has 0 aromatic rings. The quantitative estimate of drug-likeness (QED) is 0.688. The molecule has 0 radical (unpaired) electrons. The Balaban J connectivity index is 4.79. The minimum atomic E-state index is -0.574. The highest BCUT2D eigenvalue weighted by molar-refractivity contribution is 5.94. The molecule has 0 aromatic heterocycles. The molecule has 0 aliphatic carbocycles. The Morgan fingerprint density at radius 2 is 1.62 bits per heavy atom. The van der Waals surface area contributed by atoms with Gasteiger partial charge < -0.3 is 9.64 Å². The number of nitrogens with zero attached hydrogens (tertiary/aromatic N) is 1. The molecule has 0 aliphatic heterocycles. The summed E-state index contributed by atoms with van der Waals surface area (Å²) in [4.78, 5) is 13.6. The first-order chi connectivity index (χ1) is 7.21. The summed E-state index contributed by atoms with van der Waals surface area (Å²) >= 11 is 0. The van der Waals surface area contributed by atoms with E-state index >= 15 is 0 Å². The molecule has 0 N–H and O–H groups in total. The lowest BCUT2D eigenvalue weighted by atomic mass is 10.1. The second-order valence-corrected chi connectivity index (χ2v) is 4.86. The fraction of sp³-hybridized carbons (Fsp3) is 0.769. The van der Waals surface area contributed by atoms with Crippen molar-refractivity contribution in [1.82, 2.24) is 4.90 Å². The molecule has 16 heavy (non-hydrogen) atoms. The molecule has 3 heteroatoms. The van der Waals surface area contributed by atoms with Crippen molar-refractivity contribution in [3.63, 3.8) is 0 Å². The Morgan fingerprint density at radius 3 is 1.94 bits per heavy atom. The van der Waals surface area contributed by atoms with E-state index in [4.69, 9.17) is 4.74 Å². The Hall–Kier alpha value is -1.01. The zero-order chi connectivity index (χ0) is 12.9. The van der Waals surface area contributed by atoms with Crippen LogP contribution < -0.4 is 0 Å². The minimum Gasteiger partial charge on any atom is -0.366 e. The average Bonchev–Trinajstić information content (AvgIpc) is 2.14. The highest BCUT2D eigenvalue weighted by Crippen LogP contribution is 2.07. The third kappa shape index (κ3) is 4.67. The molecule has 0 rings (SSSR count). The Morgan fingerprint density at radius 1 is 1.19 bits per heavy atom. The van der Waals surface area contributed by atoms with Crippen molar-refractivity contribution in [3.05, 3.63) is 0 Å². The van der Waals surface area contributed by atoms with Crippen LogP contribution in [-0.4, -0.2) is 35.6 Å². The highest BCUT2D eigenvalue weighted by Gasteiger charge is 2.19. The van der Waals surface area contributed by atoms with Crippen LogP contribution in [0.5, 0.6) is 0 Å². The first kappa shape index (κ1) is 15.0. The summed E-state index contributed by atoms with van der Waals surface area (Å²) in [5.41, 5.74) is -0.574. The lowest BCUT2D eigenvalue weighted by molar-refractivity contribution is -0.128. The topological polar surface area (TPSA) is 29.5 Å². The summed E-state index contributed by atoms with van der Waals surface area (Å²) in [6.07, 6.45) is 0. The van der Waals surface area contributed by atoms with E-state index in [2.05, 4.69) is 11.8 Å².